The van der Waals surface area contributed by atoms with Crippen molar-refractivity contribution in [3.05, 3.63) is 327 Å². The van der Waals surface area contributed by atoms with Crippen LogP contribution >= 0.6 is 0 Å². The summed E-state index contributed by atoms with van der Waals surface area (Å²) in [5.74, 6) is 2.09. The molecular weight excluding hydrogens is 1140 g/mol. The Kier molecular flexibility index (Phi) is 13.1. The Balaban J connectivity index is 0.847. The van der Waals surface area contributed by atoms with E-state index >= 15 is 0 Å². The van der Waals surface area contributed by atoms with E-state index in [0.29, 0.717) is 0 Å². The predicted molar refractivity (Wildman–Crippen MR) is 398 cm³/mol. The fourth-order valence-corrected chi connectivity index (χ4v) is 15.2. The number of hydrogen-bond donors (Lipinski definition) is 0. The SMILES string of the molecule is CCc1nc2ccccc2n1-c1ccc(-c2c3ccccc3c(-c3ccc(-c4ccc5ccccc5c4)cc3)c3ccc(-c4ccc5c(-c6ccc(-c7cccc8ccccc78)cc6)c6ccccc6c(-c6ccc(-n7c(CC)nc8ccccc87)cc6)c5c4)cc23)cc1. The van der Waals surface area contributed by atoms with E-state index in [0.717, 1.165) is 80.2 Å². The molecule has 0 bridgehead atoms. The summed E-state index contributed by atoms with van der Waals surface area (Å²) >= 11 is 0. The Morgan fingerprint density at radius 1 is 0.234 bits per heavy atom. The van der Waals surface area contributed by atoms with E-state index in [-0.39, 0.29) is 0 Å². The van der Waals surface area contributed by atoms with Crippen molar-refractivity contribution in [2.24, 2.45) is 0 Å². The van der Waals surface area contributed by atoms with Crippen LogP contribution in [0, 0.1) is 0 Å². The highest BCUT2D eigenvalue weighted by Crippen LogP contribution is 2.49. The van der Waals surface area contributed by atoms with Crippen molar-refractivity contribution in [3.8, 4) is 89.3 Å². The van der Waals surface area contributed by atoms with E-state index in [9.17, 15) is 0 Å². The van der Waals surface area contributed by atoms with Crippen molar-refractivity contribution in [2.75, 3.05) is 0 Å². The van der Waals surface area contributed by atoms with Gasteiger partial charge in [0, 0.05) is 24.2 Å². The molecule has 0 aliphatic heterocycles. The number of nitrogens with zero attached hydrogens (tertiary/aromatic N) is 4. The summed E-state index contributed by atoms with van der Waals surface area (Å²) < 4.78 is 4.64. The van der Waals surface area contributed by atoms with Gasteiger partial charge < -0.3 is 0 Å². The summed E-state index contributed by atoms with van der Waals surface area (Å²) in [6.07, 6.45) is 1.64. The second-order valence-electron chi connectivity index (χ2n) is 24.9. The molecule has 0 radical (unpaired) electrons. The van der Waals surface area contributed by atoms with Gasteiger partial charge in [0.15, 0.2) is 0 Å². The summed E-state index contributed by atoms with van der Waals surface area (Å²) in [5, 5.41) is 14.6. The standard InChI is InChI=1S/C90H62N4/c1-3-85-91-81-28-13-15-30-83(81)93(85)69-48-42-63(43-49-69)89-75-25-11-9-23-73(75)87(61-37-32-58(33-38-61)66-41-34-57-18-5-6-20-65(57)54-66)77-52-46-67(55-79(77)89)68-47-53-78-80(56-68)90(64-44-50-70(51-45-64)94-84-31-16-14-29-82(84)92-86(94)4-2)76-26-12-10-24-74(76)88(78)62-39-35-60(36-40-62)72-27-17-21-59-19-7-8-22-71(59)72/h5-56H,3-4H2,1-2H3. The van der Waals surface area contributed by atoms with Crippen molar-refractivity contribution in [2.45, 2.75) is 26.7 Å². The van der Waals surface area contributed by atoms with Crippen molar-refractivity contribution in [3.63, 3.8) is 0 Å². The fourth-order valence-electron chi connectivity index (χ4n) is 15.2. The molecule has 0 atom stereocenters. The van der Waals surface area contributed by atoms with Crippen LogP contribution in [-0.2, 0) is 12.8 Å². The van der Waals surface area contributed by atoms with Crippen molar-refractivity contribution in [1.29, 1.82) is 0 Å². The van der Waals surface area contributed by atoms with Crippen LogP contribution in [0.1, 0.15) is 25.5 Å². The van der Waals surface area contributed by atoms with Crippen LogP contribution in [0.3, 0.4) is 0 Å². The molecule has 0 aliphatic rings. The number of aromatic nitrogens is 4. The number of rotatable bonds is 11. The summed E-state index contributed by atoms with van der Waals surface area (Å²) in [7, 11) is 0. The molecule has 18 rings (SSSR count). The molecular formula is C90H62N4. The molecule has 2 aromatic heterocycles. The quantitative estimate of drug-likeness (QED) is 0.121. The first-order chi connectivity index (χ1) is 46.5. The molecule has 0 fully saturated rings. The lowest BCUT2D eigenvalue weighted by atomic mass is 9.83. The highest BCUT2D eigenvalue weighted by Gasteiger charge is 2.23. The lowest BCUT2D eigenvalue weighted by Crippen LogP contribution is -2.00. The van der Waals surface area contributed by atoms with Crippen LogP contribution in [-0.4, -0.2) is 19.1 Å². The Hall–Kier alpha value is -12.0. The molecule has 16 aromatic carbocycles. The molecule has 0 saturated carbocycles. The monoisotopic (exact) mass is 1200 g/mol. The van der Waals surface area contributed by atoms with E-state index < -0.39 is 0 Å². The second-order valence-corrected chi connectivity index (χ2v) is 24.9. The van der Waals surface area contributed by atoms with Crippen LogP contribution < -0.4 is 0 Å². The van der Waals surface area contributed by atoms with Gasteiger partial charge in [-0.05, 0) is 209 Å². The van der Waals surface area contributed by atoms with Crippen molar-refractivity contribution < 1.29 is 0 Å². The Morgan fingerprint density at radius 2 is 0.574 bits per heavy atom. The van der Waals surface area contributed by atoms with Gasteiger partial charge in [-0.3, -0.25) is 9.13 Å². The number of hydrogen-bond acceptors (Lipinski definition) is 2. The zero-order chi connectivity index (χ0) is 62.4. The third-order valence-corrected chi connectivity index (χ3v) is 19.6. The maximum Gasteiger partial charge on any atom is 0.114 e. The average Bonchev–Trinajstić information content (AvgIpc) is 1.02. The molecule has 0 saturated heterocycles. The number of fused-ring (bicyclic) bond motifs is 8. The maximum absolute atomic E-state index is 5.07. The predicted octanol–water partition coefficient (Wildman–Crippen LogP) is 24.1. The number of benzene rings is 16. The van der Waals surface area contributed by atoms with Crippen LogP contribution in [0.2, 0.25) is 0 Å². The largest absolute Gasteiger partial charge is 0.296 e. The van der Waals surface area contributed by atoms with Gasteiger partial charge in [-0.2, -0.15) is 0 Å². The van der Waals surface area contributed by atoms with Gasteiger partial charge in [0.2, 0.25) is 0 Å². The molecule has 4 nitrogen and oxygen atoms in total. The van der Waals surface area contributed by atoms with E-state index in [4.69, 9.17) is 9.97 Å². The van der Waals surface area contributed by atoms with Gasteiger partial charge in [0.1, 0.15) is 11.6 Å². The van der Waals surface area contributed by atoms with Gasteiger partial charge in [0.05, 0.1) is 22.1 Å². The minimum absolute atomic E-state index is 0.822. The Labute approximate surface area is 545 Å². The summed E-state index contributed by atoms with van der Waals surface area (Å²) in [4.78, 5) is 10.1. The summed E-state index contributed by atoms with van der Waals surface area (Å²) in [6, 6.07) is 117. The van der Waals surface area contributed by atoms with Crippen molar-refractivity contribution >= 4 is 86.7 Å². The fraction of sp³-hybridized carbons (Fsp3) is 0.0444. The molecule has 442 valence electrons. The third-order valence-electron chi connectivity index (χ3n) is 19.6. The highest BCUT2D eigenvalue weighted by molar-refractivity contribution is 6.24. The molecule has 0 aliphatic carbocycles. The third kappa shape index (κ3) is 9.05. The highest BCUT2D eigenvalue weighted by atomic mass is 15.1. The number of imidazole rings is 2. The first-order valence-electron chi connectivity index (χ1n) is 32.8. The lowest BCUT2D eigenvalue weighted by molar-refractivity contribution is 0.908. The van der Waals surface area contributed by atoms with E-state index in [1.165, 1.54) is 120 Å². The lowest BCUT2D eigenvalue weighted by Gasteiger charge is -2.20. The van der Waals surface area contributed by atoms with E-state index in [1.54, 1.807) is 0 Å². The minimum atomic E-state index is 0.822. The molecule has 0 unspecified atom stereocenters. The Morgan fingerprint density at radius 3 is 1.06 bits per heavy atom. The van der Waals surface area contributed by atoms with Gasteiger partial charge in [-0.15, -0.1) is 0 Å². The van der Waals surface area contributed by atoms with Crippen LogP contribution in [0.4, 0.5) is 0 Å². The molecule has 0 spiro atoms. The molecule has 2 heterocycles. The van der Waals surface area contributed by atoms with Crippen molar-refractivity contribution in [1.82, 2.24) is 19.1 Å². The van der Waals surface area contributed by atoms with Gasteiger partial charge in [0.25, 0.3) is 0 Å². The Bertz CT molecular complexity index is 6020. The zero-order valence-corrected chi connectivity index (χ0v) is 52.2. The smallest absolute Gasteiger partial charge is 0.114 e. The topological polar surface area (TPSA) is 35.6 Å². The molecule has 94 heavy (non-hydrogen) atoms. The maximum atomic E-state index is 5.07. The number of aryl methyl sites for hydroxylation is 2. The van der Waals surface area contributed by atoms with Gasteiger partial charge >= 0.3 is 0 Å². The first kappa shape index (κ1) is 54.9. The zero-order valence-electron chi connectivity index (χ0n) is 52.2. The summed E-state index contributed by atoms with van der Waals surface area (Å²) in [6.45, 7) is 4.38. The summed E-state index contributed by atoms with van der Waals surface area (Å²) in [5.41, 5.74) is 23.1. The van der Waals surface area contributed by atoms with E-state index in [1.807, 2.05) is 0 Å². The molecule has 4 heteroatoms. The number of para-hydroxylation sites is 4. The molecule has 0 amide bonds. The molecule has 0 N–H and O–H groups in total. The second kappa shape index (κ2) is 22.4. The first-order valence-corrected chi connectivity index (χ1v) is 32.8. The van der Waals surface area contributed by atoms with Crippen LogP contribution in [0.5, 0.6) is 0 Å². The minimum Gasteiger partial charge on any atom is -0.296 e. The van der Waals surface area contributed by atoms with Crippen LogP contribution in [0.15, 0.2) is 315 Å². The normalized spacial score (nSPS) is 11.8. The molecule has 18 aromatic rings. The van der Waals surface area contributed by atoms with Gasteiger partial charge in [-0.25, -0.2) is 9.97 Å². The average molecular weight is 1200 g/mol. The van der Waals surface area contributed by atoms with Gasteiger partial charge in [-0.1, -0.05) is 263 Å². The van der Waals surface area contributed by atoms with Crippen LogP contribution in [0.25, 0.3) is 176 Å². The van der Waals surface area contributed by atoms with E-state index in [2.05, 4.69) is 338 Å².